The van der Waals surface area contributed by atoms with Crippen molar-refractivity contribution in [1.29, 1.82) is 0 Å². The second kappa shape index (κ2) is 6.10. The molecule has 2 N–H and O–H groups in total. The number of thiophene rings is 1. The number of hydrogen-bond donors (Lipinski definition) is 2. The van der Waals surface area contributed by atoms with Gasteiger partial charge in [0.2, 0.25) is 0 Å². The molecule has 1 unspecified atom stereocenters. The third-order valence-corrected chi connectivity index (χ3v) is 3.69. The topological polar surface area (TPSA) is 58.6 Å². The number of nitrogens with one attached hydrogen (secondary N) is 1. The molecule has 102 valence electrons. The monoisotopic (exact) mass is 283 g/mol. The van der Waals surface area contributed by atoms with Gasteiger partial charge in [-0.3, -0.25) is 4.79 Å². The lowest BCUT2D eigenvalue weighted by Gasteiger charge is -2.09. The number of hydrogen-bond acceptors (Lipinski definition) is 4. The van der Waals surface area contributed by atoms with Crippen LogP contribution in [-0.4, -0.2) is 37.4 Å². The predicted octanol–water partition coefficient (Wildman–Crippen LogP) is 1.78. The molecular weight excluding hydrogens is 269 g/mol. The second-order valence-corrected chi connectivity index (χ2v) is 5.17. The zero-order valence-corrected chi connectivity index (χ0v) is 11.2. The molecule has 6 heteroatoms. The van der Waals surface area contributed by atoms with Crippen molar-refractivity contribution in [3.8, 4) is 0 Å². The van der Waals surface area contributed by atoms with E-state index >= 15 is 0 Å². The Morgan fingerprint density at radius 1 is 1.58 bits per heavy atom. The molecule has 1 aromatic heterocycles. The number of benzene rings is 1. The normalized spacial score (nSPS) is 12.6. The van der Waals surface area contributed by atoms with Crippen molar-refractivity contribution < 1.29 is 19.0 Å². The maximum atomic E-state index is 13.5. The number of rotatable bonds is 5. The smallest absolute Gasteiger partial charge is 0.261 e. The summed E-state index contributed by atoms with van der Waals surface area (Å²) in [5.41, 5.74) is 0. The van der Waals surface area contributed by atoms with Gasteiger partial charge < -0.3 is 15.2 Å². The van der Waals surface area contributed by atoms with Crippen molar-refractivity contribution in [2.24, 2.45) is 0 Å². The summed E-state index contributed by atoms with van der Waals surface area (Å²) in [6.45, 7) is 0.255. The Labute approximate surface area is 113 Å². The van der Waals surface area contributed by atoms with Gasteiger partial charge in [-0.15, -0.1) is 11.3 Å². The molecule has 0 radical (unpaired) electrons. The van der Waals surface area contributed by atoms with Gasteiger partial charge >= 0.3 is 0 Å². The number of halogens is 1. The Balaban J connectivity index is 2.07. The Kier molecular flexibility index (Phi) is 4.47. The first-order chi connectivity index (χ1) is 9.11. The molecule has 2 rings (SSSR count). The van der Waals surface area contributed by atoms with Crippen LogP contribution in [0, 0.1) is 5.82 Å². The number of aliphatic hydroxyl groups is 1. The minimum Gasteiger partial charge on any atom is -0.389 e. The average molecular weight is 283 g/mol. The molecule has 0 spiro atoms. The summed E-state index contributed by atoms with van der Waals surface area (Å²) in [5.74, 6) is -0.664. The fourth-order valence-electron chi connectivity index (χ4n) is 1.69. The molecule has 0 saturated heterocycles. The van der Waals surface area contributed by atoms with E-state index in [9.17, 15) is 14.3 Å². The SMILES string of the molecule is COCC(O)CNC(=O)c1cc2c(F)cccc2s1. The van der Waals surface area contributed by atoms with Gasteiger partial charge in [0.25, 0.3) is 5.91 Å². The number of ether oxygens (including phenoxy) is 1. The molecule has 0 aliphatic rings. The third kappa shape index (κ3) is 3.28. The minimum atomic E-state index is -0.750. The van der Waals surface area contributed by atoms with Crippen LogP contribution in [0.15, 0.2) is 24.3 Å². The molecule has 0 saturated carbocycles. The highest BCUT2D eigenvalue weighted by Crippen LogP contribution is 2.27. The van der Waals surface area contributed by atoms with E-state index < -0.39 is 6.10 Å². The number of carbonyl (C=O) groups is 1. The predicted molar refractivity (Wildman–Crippen MR) is 72.0 cm³/mol. The largest absolute Gasteiger partial charge is 0.389 e. The molecule has 2 aromatic rings. The highest BCUT2D eigenvalue weighted by molar-refractivity contribution is 7.20. The third-order valence-electron chi connectivity index (χ3n) is 2.59. The van der Waals surface area contributed by atoms with Crippen LogP contribution >= 0.6 is 11.3 Å². The van der Waals surface area contributed by atoms with E-state index in [1.807, 2.05) is 0 Å². The van der Waals surface area contributed by atoms with Crippen molar-refractivity contribution in [2.75, 3.05) is 20.3 Å². The van der Waals surface area contributed by atoms with E-state index in [1.54, 1.807) is 12.1 Å². The summed E-state index contributed by atoms with van der Waals surface area (Å²) in [7, 11) is 1.47. The lowest BCUT2D eigenvalue weighted by Crippen LogP contribution is -2.33. The zero-order chi connectivity index (χ0) is 13.8. The molecule has 1 heterocycles. The van der Waals surface area contributed by atoms with Crippen LogP contribution < -0.4 is 5.32 Å². The van der Waals surface area contributed by atoms with Crippen LogP contribution in [0.4, 0.5) is 4.39 Å². The van der Waals surface area contributed by atoms with E-state index in [2.05, 4.69) is 5.32 Å². The number of aliphatic hydroxyl groups excluding tert-OH is 1. The Morgan fingerprint density at radius 3 is 3.05 bits per heavy atom. The van der Waals surface area contributed by atoms with E-state index in [0.717, 1.165) is 4.70 Å². The molecule has 0 aliphatic heterocycles. The van der Waals surface area contributed by atoms with Gasteiger partial charge in [-0.25, -0.2) is 4.39 Å². The standard InChI is InChI=1S/C13H14FNO3S/c1-18-7-8(16)6-15-13(17)12-5-9-10(14)3-2-4-11(9)19-12/h2-5,8,16H,6-7H2,1H3,(H,15,17). The second-order valence-electron chi connectivity index (χ2n) is 4.08. The van der Waals surface area contributed by atoms with Crippen LogP contribution in [0.25, 0.3) is 10.1 Å². The molecule has 19 heavy (non-hydrogen) atoms. The molecule has 0 fully saturated rings. The highest BCUT2D eigenvalue weighted by Gasteiger charge is 2.13. The van der Waals surface area contributed by atoms with E-state index in [0.29, 0.717) is 10.3 Å². The van der Waals surface area contributed by atoms with E-state index in [4.69, 9.17) is 4.74 Å². The van der Waals surface area contributed by atoms with Crippen molar-refractivity contribution in [3.63, 3.8) is 0 Å². The first kappa shape index (κ1) is 13.9. The summed E-state index contributed by atoms with van der Waals surface area (Å²) >= 11 is 1.22. The minimum absolute atomic E-state index is 0.101. The molecule has 0 bridgehead atoms. The first-order valence-electron chi connectivity index (χ1n) is 5.75. The van der Waals surface area contributed by atoms with Gasteiger partial charge in [-0.1, -0.05) is 6.07 Å². The molecule has 0 aliphatic carbocycles. The maximum Gasteiger partial charge on any atom is 0.261 e. The Hall–Kier alpha value is -1.50. The number of fused-ring (bicyclic) bond motifs is 1. The van der Waals surface area contributed by atoms with Crippen LogP contribution in [-0.2, 0) is 4.74 Å². The van der Waals surface area contributed by atoms with Gasteiger partial charge in [0.1, 0.15) is 5.82 Å². The van der Waals surface area contributed by atoms with E-state index in [-0.39, 0.29) is 24.9 Å². The number of methoxy groups -OCH3 is 1. The lowest BCUT2D eigenvalue weighted by atomic mass is 10.2. The van der Waals surface area contributed by atoms with Crippen molar-refractivity contribution >= 4 is 27.3 Å². The fraction of sp³-hybridized carbons (Fsp3) is 0.308. The van der Waals surface area contributed by atoms with Crippen molar-refractivity contribution in [1.82, 2.24) is 5.32 Å². The van der Waals surface area contributed by atoms with Crippen LogP contribution in [0.2, 0.25) is 0 Å². The van der Waals surface area contributed by atoms with E-state index in [1.165, 1.54) is 30.6 Å². The van der Waals surface area contributed by atoms with Crippen LogP contribution in [0.3, 0.4) is 0 Å². The number of amides is 1. The average Bonchev–Trinajstić information content (AvgIpc) is 2.82. The molecule has 4 nitrogen and oxygen atoms in total. The first-order valence-corrected chi connectivity index (χ1v) is 6.56. The zero-order valence-electron chi connectivity index (χ0n) is 10.4. The summed E-state index contributed by atoms with van der Waals surface area (Å²) in [4.78, 5) is 12.3. The quantitative estimate of drug-likeness (QED) is 0.879. The molecule has 1 atom stereocenters. The Bertz CT molecular complexity index is 584. The fourth-order valence-corrected chi connectivity index (χ4v) is 2.68. The van der Waals surface area contributed by atoms with Gasteiger partial charge in [0.15, 0.2) is 0 Å². The van der Waals surface area contributed by atoms with Gasteiger partial charge in [0.05, 0.1) is 17.6 Å². The Morgan fingerprint density at radius 2 is 2.37 bits per heavy atom. The van der Waals surface area contributed by atoms with Crippen LogP contribution in [0.5, 0.6) is 0 Å². The van der Waals surface area contributed by atoms with Crippen LogP contribution in [0.1, 0.15) is 9.67 Å². The number of carbonyl (C=O) groups excluding carboxylic acids is 1. The maximum absolute atomic E-state index is 13.5. The molecular formula is C13H14FNO3S. The van der Waals surface area contributed by atoms with Gasteiger partial charge in [-0.2, -0.15) is 0 Å². The highest BCUT2D eigenvalue weighted by atomic mass is 32.1. The van der Waals surface area contributed by atoms with Gasteiger partial charge in [-0.05, 0) is 18.2 Å². The summed E-state index contributed by atoms with van der Waals surface area (Å²) in [5, 5.41) is 12.5. The van der Waals surface area contributed by atoms with Crippen molar-refractivity contribution in [3.05, 3.63) is 35.0 Å². The summed E-state index contributed by atoms with van der Waals surface area (Å²) in [6, 6.07) is 6.25. The summed E-state index contributed by atoms with van der Waals surface area (Å²) in [6.07, 6.45) is -0.750. The molecule has 1 aromatic carbocycles. The molecule has 1 amide bonds. The lowest BCUT2D eigenvalue weighted by molar-refractivity contribution is 0.0611. The van der Waals surface area contributed by atoms with Gasteiger partial charge in [0, 0.05) is 23.7 Å². The van der Waals surface area contributed by atoms with Crippen molar-refractivity contribution in [2.45, 2.75) is 6.10 Å². The summed E-state index contributed by atoms with van der Waals surface area (Å²) < 4.78 is 19.0.